The van der Waals surface area contributed by atoms with Gasteiger partial charge in [0.2, 0.25) is 0 Å². The molecule has 0 radical (unpaired) electrons. The number of carbonyl (C=O) groups is 1. The molecule has 8 heteroatoms. The van der Waals surface area contributed by atoms with E-state index in [1.807, 2.05) is 20.8 Å². The topological polar surface area (TPSA) is 69.2 Å². The molecule has 0 aliphatic carbocycles. The number of rotatable bonds is 8. The van der Waals surface area contributed by atoms with Crippen molar-refractivity contribution in [3.8, 4) is 0 Å². The van der Waals surface area contributed by atoms with E-state index in [1.165, 1.54) is 19.4 Å². The number of carbonyl (C=O) groups excluding carboxylic acids is 1. The molecule has 1 fully saturated rings. The van der Waals surface area contributed by atoms with Gasteiger partial charge in [-0.1, -0.05) is 13.8 Å². The van der Waals surface area contributed by atoms with Crippen LogP contribution in [-0.4, -0.2) is 80.3 Å². The number of halogens is 1. The first-order valence-electron chi connectivity index (χ1n) is 11.2. The van der Waals surface area contributed by atoms with E-state index in [2.05, 4.69) is 55.3 Å². The summed E-state index contributed by atoms with van der Waals surface area (Å²) in [5.74, 6) is 1.90. The van der Waals surface area contributed by atoms with Gasteiger partial charge in [-0.25, -0.2) is 4.79 Å². The highest BCUT2D eigenvalue weighted by Gasteiger charge is 2.22. The van der Waals surface area contributed by atoms with Gasteiger partial charge in [0.05, 0.1) is 0 Å². The number of ether oxygens (including phenoxy) is 1. The fourth-order valence-electron chi connectivity index (χ4n) is 3.58. The Morgan fingerprint density at radius 2 is 2.00 bits per heavy atom. The van der Waals surface area contributed by atoms with Crippen molar-refractivity contribution in [3.05, 3.63) is 0 Å². The third-order valence-electron chi connectivity index (χ3n) is 5.20. The van der Waals surface area contributed by atoms with Crippen molar-refractivity contribution < 1.29 is 9.53 Å². The van der Waals surface area contributed by atoms with Gasteiger partial charge in [0, 0.05) is 39.3 Å². The fourth-order valence-corrected chi connectivity index (χ4v) is 3.58. The van der Waals surface area contributed by atoms with Crippen LogP contribution in [0.2, 0.25) is 0 Å². The van der Waals surface area contributed by atoms with Crippen LogP contribution in [0.25, 0.3) is 0 Å². The van der Waals surface area contributed by atoms with Gasteiger partial charge in [0.1, 0.15) is 5.60 Å². The molecule has 2 N–H and O–H groups in total. The maximum atomic E-state index is 12.2. The number of piperidine rings is 1. The van der Waals surface area contributed by atoms with Gasteiger partial charge in [-0.3, -0.25) is 4.99 Å². The summed E-state index contributed by atoms with van der Waals surface area (Å²) in [5, 5.41) is 6.44. The number of aliphatic imine (C=N–C) groups is 1. The van der Waals surface area contributed by atoms with Gasteiger partial charge in [-0.15, -0.1) is 24.0 Å². The van der Waals surface area contributed by atoms with Crippen LogP contribution in [0.1, 0.15) is 60.8 Å². The molecule has 0 spiro atoms. The predicted octanol–water partition coefficient (Wildman–Crippen LogP) is 3.78. The minimum atomic E-state index is -0.486. The smallest absolute Gasteiger partial charge is 0.407 e. The Morgan fingerprint density at radius 3 is 2.53 bits per heavy atom. The van der Waals surface area contributed by atoms with Crippen LogP contribution in [0.4, 0.5) is 4.79 Å². The average Bonchev–Trinajstić information content (AvgIpc) is 2.60. The Morgan fingerprint density at radius 1 is 1.33 bits per heavy atom. The number of nitrogens with one attached hydrogen (secondary N) is 2. The lowest BCUT2D eigenvalue weighted by atomic mass is 9.99. The zero-order valence-electron chi connectivity index (χ0n) is 20.5. The lowest BCUT2D eigenvalue weighted by Crippen LogP contribution is -2.45. The molecule has 0 aromatic heterocycles. The van der Waals surface area contributed by atoms with Gasteiger partial charge < -0.3 is 25.2 Å². The lowest BCUT2D eigenvalue weighted by Gasteiger charge is -2.30. The van der Waals surface area contributed by atoms with Crippen molar-refractivity contribution in [2.45, 2.75) is 72.4 Å². The van der Waals surface area contributed by atoms with Crippen molar-refractivity contribution in [2.75, 3.05) is 46.8 Å². The maximum absolute atomic E-state index is 12.2. The van der Waals surface area contributed by atoms with E-state index < -0.39 is 5.60 Å². The van der Waals surface area contributed by atoms with Crippen molar-refractivity contribution in [2.24, 2.45) is 16.8 Å². The Hall–Kier alpha value is -0.770. The molecule has 1 aliphatic rings. The second-order valence-electron chi connectivity index (χ2n) is 9.67. The van der Waals surface area contributed by atoms with Crippen LogP contribution in [0.3, 0.4) is 0 Å². The average molecular weight is 540 g/mol. The Labute approximate surface area is 201 Å². The molecule has 0 aromatic carbocycles. The van der Waals surface area contributed by atoms with E-state index in [9.17, 15) is 4.79 Å². The molecular formula is C22H46IN5O2. The van der Waals surface area contributed by atoms with E-state index in [0.29, 0.717) is 11.8 Å². The largest absolute Gasteiger partial charge is 0.444 e. The summed E-state index contributed by atoms with van der Waals surface area (Å²) in [4.78, 5) is 21.6. The first kappa shape index (κ1) is 29.2. The molecule has 1 rings (SSSR count). The number of nitrogens with zero attached hydrogens (tertiary/aromatic N) is 3. The summed E-state index contributed by atoms with van der Waals surface area (Å²) < 4.78 is 5.42. The Balaban J connectivity index is 0.00000841. The number of amides is 1. The fraction of sp³-hybridized carbons (Fsp3) is 0.909. The van der Waals surface area contributed by atoms with Crippen LogP contribution < -0.4 is 10.6 Å². The number of hydrogen-bond donors (Lipinski definition) is 2. The molecule has 1 saturated heterocycles. The molecule has 2 atom stereocenters. The van der Waals surface area contributed by atoms with E-state index in [-0.39, 0.29) is 36.1 Å². The first-order chi connectivity index (χ1) is 13.5. The molecule has 1 heterocycles. The highest BCUT2D eigenvalue weighted by atomic mass is 127. The van der Waals surface area contributed by atoms with Gasteiger partial charge in [-0.05, 0) is 72.4 Å². The normalized spacial score (nSPS) is 19.1. The van der Waals surface area contributed by atoms with E-state index in [0.717, 1.165) is 38.6 Å². The van der Waals surface area contributed by atoms with E-state index >= 15 is 0 Å². The molecule has 1 aliphatic heterocycles. The summed E-state index contributed by atoms with van der Waals surface area (Å²) in [6.07, 6.45) is 3.01. The minimum absolute atomic E-state index is 0. The Kier molecular flexibility index (Phi) is 14.0. The van der Waals surface area contributed by atoms with E-state index in [1.54, 1.807) is 0 Å². The van der Waals surface area contributed by atoms with Crippen LogP contribution in [0.5, 0.6) is 0 Å². The second-order valence-corrected chi connectivity index (χ2v) is 9.67. The lowest BCUT2D eigenvalue weighted by molar-refractivity contribution is 0.0486. The summed E-state index contributed by atoms with van der Waals surface area (Å²) in [5.41, 5.74) is -0.486. The SMILES string of the molecule is CCNC(=NCC1CCCN(C)C1)N(C)CCC(NC(=O)OC(C)(C)C)C(C)C.I. The number of hydrogen-bond acceptors (Lipinski definition) is 4. The van der Waals surface area contributed by atoms with Crippen LogP contribution >= 0.6 is 24.0 Å². The zero-order valence-corrected chi connectivity index (χ0v) is 22.8. The maximum Gasteiger partial charge on any atom is 0.407 e. The molecule has 178 valence electrons. The molecule has 7 nitrogen and oxygen atoms in total. The van der Waals surface area contributed by atoms with Crippen LogP contribution in [0, 0.1) is 11.8 Å². The summed E-state index contributed by atoms with van der Waals surface area (Å²) in [6.45, 7) is 16.8. The monoisotopic (exact) mass is 539 g/mol. The molecular weight excluding hydrogens is 493 g/mol. The van der Waals surface area contributed by atoms with Gasteiger partial charge in [-0.2, -0.15) is 0 Å². The third-order valence-corrected chi connectivity index (χ3v) is 5.20. The summed E-state index contributed by atoms with van der Waals surface area (Å²) >= 11 is 0. The number of guanidine groups is 1. The molecule has 2 unspecified atom stereocenters. The standard InChI is InChI=1S/C22H45N5O2.HI/c1-9-23-20(24-15-18-11-10-13-26(7)16-18)27(8)14-12-19(17(2)3)25-21(28)29-22(4,5)6;/h17-19H,9-16H2,1-8H3,(H,23,24)(H,25,28);1H. The van der Waals surface area contributed by atoms with Crippen LogP contribution in [-0.2, 0) is 4.74 Å². The molecule has 0 aromatic rings. The second kappa shape index (κ2) is 14.3. The van der Waals surface area contributed by atoms with Crippen molar-refractivity contribution in [3.63, 3.8) is 0 Å². The van der Waals surface area contributed by atoms with Gasteiger partial charge in [0.25, 0.3) is 0 Å². The molecule has 0 bridgehead atoms. The minimum Gasteiger partial charge on any atom is -0.444 e. The third kappa shape index (κ3) is 12.2. The zero-order chi connectivity index (χ0) is 22.0. The molecule has 1 amide bonds. The number of likely N-dealkylation sites (tertiary alicyclic amines) is 1. The number of alkyl carbamates (subject to hydrolysis) is 1. The van der Waals surface area contributed by atoms with Crippen LogP contribution in [0.15, 0.2) is 4.99 Å². The highest BCUT2D eigenvalue weighted by Crippen LogP contribution is 2.15. The van der Waals surface area contributed by atoms with Crippen molar-refractivity contribution in [1.82, 2.24) is 20.4 Å². The van der Waals surface area contributed by atoms with Gasteiger partial charge in [0.15, 0.2) is 5.96 Å². The Bertz CT molecular complexity index is 522. The first-order valence-corrected chi connectivity index (χ1v) is 11.2. The summed E-state index contributed by atoms with van der Waals surface area (Å²) in [7, 11) is 4.26. The molecule has 0 saturated carbocycles. The molecule has 30 heavy (non-hydrogen) atoms. The summed E-state index contributed by atoms with van der Waals surface area (Å²) in [6, 6.07) is 0.0576. The predicted molar refractivity (Wildman–Crippen MR) is 137 cm³/mol. The highest BCUT2D eigenvalue weighted by molar-refractivity contribution is 14.0. The quantitative estimate of drug-likeness (QED) is 0.279. The van der Waals surface area contributed by atoms with Gasteiger partial charge >= 0.3 is 6.09 Å². The van der Waals surface area contributed by atoms with Crippen molar-refractivity contribution in [1.29, 1.82) is 0 Å². The van der Waals surface area contributed by atoms with E-state index in [4.69, 9.17) is 9.73 Å². The van der Waals surface area contributed by atoms with Crippen molar-refractivity contribution >= 4 is 36.0 Å².